The van der Waals surface area contributed by atoms with Gasteiger partial charge in [0.05, 0.1) is 0 Å². The van der Waals surface area contributed by atoms with Gasteiger partial charge in [-0.2, -0.15) is 0 Å². The summed E-state index contributed by atoms with van der Waals surface area (Å²) in [4.78, 5) is 12.3. The van der Waals surface area contributed by atoms with E-state index in [1.165, 1.54) is 0 Å². The van der Waals surface area contributed by atoms with E-state index in [-0.39, 0.29) is 5.91 Å². The molecule has 2 aromatic rings. The van der Waals surface area contributed by atoms with Gasteiger partial charge in [-0.3, -0.25) is 4.79 Å². The fraction of sp³-hybridized carbons (Fsp3) is 0.278. The number of ether oxygens (including phenoxy) is 1. The van der Waals surface area contributed by atoms with Gasteiger partial charge in [-0.1, -0.05) is 28.1 Å². The molecule has 0 saturated carbocycles. The molecule has 0 saturated heterocycles. The Labute approximate surface area is 139 Å². The maximum atomic E-state index is 12.3. The molecule has 0 aliphatic rings. The van der Waals surface area contributed by atoms with Crippen molar-refractivity contribution >= 4 is 27.5 Å². The molecule has 3 nitrogen and oxygen atoms in total. The third-order valence-corrected chi connectivity index (χ3v) is 4.54. The lowest BCUT2D eigenvalue weighted by Gasteiger charge is -2.17. The molecule has 1 amide bonds. The molecule has 1 unspecified atom stereocenters. The maximum Gasteiger partial charge on any atom is 0.265 e. The lowest BCUT2D eigenvalue weighted by atomic mass is 10.1. The highest BCUT2D eigenvalue weighted by atomic mass is 79.9. The number of amides is 1. The van der Waals surface area contributed by atoms with Crippen LogP contribution in [0.4, 0.5) is 5.69 Å². The third kappa shape index (κ3) is 3.89. The molecule has 0 bridgehead atoms. The Morgan fingerprint density at radius 2 is 1.86 bits per heavy atom. The van der Waals surface area contributed by atoms with E-state index in [0.29, 0.717) is 0 Å². The highest BCUT2D eigenvalue weighted by Crippen LogP contribution is 2.23. The summed E-state index contributed by atoms with van der Waals surface area (Å²) in [5.41, 5.74) is 4.04. The number of rotatable bonds is 4. The van der Waals surface area contributed by atoms with E-state index < -0.39 is 6.10 Å². The first kappa shape index (κ1) is 16.6. The Morgan fingerprint density at radius 3 is 2.55 bits per heavy atom. The lowest BCUT2D eigenvalue weighted by molar-refractivity contribution is -0.122. The zero-order valence-corrected chi connectivity index (χ0v) is 14.8. The normalized spacial score (nSPS) is 11.9. The molecular formula is C18H20BrNO2. The molecule has 22 heavy (non-hydrogen) atoms. The molecule has 0 aliphatic heterocycles. The first-order valence-corrected chi connectivity index (χ1v) is 7.97. The van der Waals surface area contributed by atoms with Gasteiger partial charge in [-0.05, 0) is 68.7 Å². The van der Waals surface area contributed by atoms with E-state index in [0.717, 1.165) is 32.6 Å². The minimum atomic E-state index is -0.565. The lowest BCUT2D eigenvalue weighted by Crippen LogP contribution is -2.30. The molecule has 0 aliphatic carbocycles. The Kier molecular flexibility index (Phi) is 5.24. The van der Waals surface area contributed by atoms with Crippen molar-refractivity contribution in [1.82, 2.24) is 0 Å². The number of hydrogen-bond acceptors (Lipinski definition) is 2. The van der Waals surface area contributed by atoms with Crippen LogP contribution in [-0.4, -0.2) is 12.0 Å². The smallest absolute Gasteiger partial charge is 0.265 e. The van der Waals surface area contributed by atoms with Gasteiger partial charge in [0.25, 0.3) is 5.91 Å². The van der Waals surface area contributed by atoms with E-state index in [1.54, 1.807) is 6.92 Å². The quantitative estimate of drug-likeness (QED) is 0.850. The number of carbonyl (C=O) groups is 1. The molecule has 0 radical (unpaired) electrons. The molecular weight excluding hydrogens is 342 g/mol. The van der Waals surface area contributed by atoms with Crippen LogP contribution in [0.5, 0.6) is 5.75 Å². The minimum Gasteiger partial charge on any atom is -0.481 e. The average molecular weight is 362 g/mol. The summed E-state index contributed by atoms with van der Waals surface area (Å²) in [6.45, 7) is 7.75. The van der Waals surface area contributed by atoms with Gasteiger partial charge in [0.2, 0.25) is 0 Å². The van der Waals surface area contributed by atoms with Crippen LogP contribution in [0.15, 0.2) is 40.9 Å². The van der Waals surface area contributed by atoms with Gasteiger partial charge < -0.3 is 10.1 Å². The standard InChI is InChI=1S/C18H20BrNO2/c1-11-6-5-7-17(13(11)3)22-14(4)18(21)20-15-8-9-16(19)12(2)10-15/h5-10,14H,1-4H3,(H,20,21). The number of aryl methyl sites for hydroxylation is 2. The highest BCUT2D eigenvalue weighted by molar-refractivity contribution is 9.10. The summed E-state index contributed by atoms with van der Waals surface area (Å²) < 4.78 is 6.81. The van der Waals surface area contributed by atoms with Crippen molar-refractivity contribution in [3.05, 3.63) is 57.6 Å². The zero-order valence-electron chi connectivity index (χ0n) is 13.2. The predicted octanol–water partition coefficient (Wildman–Crippen LogP) is 4.78. The first-order valence-electron chi connectivity index (χ1n) is 7.18. The molecule has 0 spiro atoms. The second kappa shape index (κ2) is 6.97. The largest absolute Gasteiger partial charge is 0.481 e. The van der Waals surface area contributed by atoms with Crippen LogP contribution in [-0.2, 0) is 4.79 Å². The summed E-state index contributed by atoms with van der Waals surface area (Å²) in [6, 6.07) is 11.5. The molecule has 116 valence electrons. The molecule has 1 atom stereocenters. The van der Waals surface area contributed by atoms with Crippen molar-refractivity contribution in [1.29, 1.82) is 0 Å². The Bertz CT molecular complexity index is 697. The van der Waals surface area contributed by atoms with Crippen LogP contribution >= 0.6 is 15.9 Å². The van der Waals surface area contributed by atoms with E-state index in [9.17, 15) is 4.79 Å². The van der Waals surface area contributed by atoms with Crippen molar-refractivity contribution in [3.63, 3.8) is 0 Å². The molecule has 0 aromatic heterocycles. The molecule has 0 fully saturated rings. The molecule has 0 heterocycles. The fourth-order valence-corrected chi connectivity index (χ4v) is 2.31. The summed E-state index contributed by atoms with van der Waals surface area (Å²) in [5, 5.41) is 2.88. The van der Waals surface area contributed by atoms with Crippen molar-refractivity contribution < 1.29 is 9.53 Å². The number of anilines is 1. The number of nitrogens with one attached hydrogen (secondary N) is 1. The Hall–Kier alpha value is -1.81. The number of hydrogen-bond donors (Lipinski definition) is 1. The average Bonchev–Trinajstić information content (AvgIpc) is 2.47. The Morgan fingerprint density at radius 1 is 1.14 bits per heavy atom. The van der Waals surface area contributed by atoms with E-state index >= 15 is 0 Å². The summed E-state index contributed by atoms with van der Waals surface area (Å²) >= 11 is 3.45. The minimum absolute atomic E-state index is 0.164. The highest BCUT2D eigenvalue weighted by Gasteiger charge is 2.16. The van der Waals surface area contributed by atoms with Crippen molar-refractivity contribution in [2.75, 3.05) is 5.32 Å². The fourth-order valence-electron chi connectivity index (χ4n) is 2.06. The monoisotopic (exact) mass is 361 g/mol. The molecule has 2 rings (SSSR count). The van der Waals surface area contributed by atoms with Gasteiger partial charge in [-0.15, -0.1) is 0 Å². The molecule has 2 aromatic carbocycles. The van der Waals surface area contributed by atoms with Gasteiger partial charge >= 0.3 is 0 Å². The van der Waals surface area contributed by atoms with Crippen molar-refractivity contribution in [2.24, 2.45) is 0 Å². The van der Waals surface area contributed by atoms with Crippen LogP contribution < -0.4 is 10.1 Å². The van der Waals surface area contributed by atoms with Gasteiger partial charge in [-0.25, -0.2) is 0 Å². The summed E-state index contributed by atoms with van der Waals surface area (Å²) in [7, 11) is 0. The zero-order chi connectivity index (χ0) is 16.3. The number of benzene rings is 2. The van der Waals surface area contributed by atoms with Gasteiger partial charge in [0.15, 0.2) is 6.10 Å². The number of halogens is 1. The molecule has 4 heteroatoms. The van der Waals surface area contributed by atoms with E-state index in [1.807, 2.05) is 57.2 Å². The van der Waals surface area contributed by atoms with Gasteiger partial charge in [0, 0.05) is 10.2 Å². The van der Waals surface area contributed by atoms with Crippen LogP contribution in [0.1, 0.15) is 23.6 Å². The topological polar surface area (TPSA) is 38.3 Å². The maximum absolute atomic E-state index is 12.3. The second-order valence-corrected chi connectivity index (χ2v) is 6.27. The van der Waals surface area contributed by atoms with Crippen molar-refractivity contribution in [2.45, 2.75) is 33.8 Å². The van der Waals surface area contributed by atoms with Crippen LogP contribution in [0.2, 0.25) is 0 Å². The number of carbonyl (C=O) groups excluding carboxylic acids is 1. The summed E-state index contributed by atoms with van der Waals surface area (Å²) in [5.74, 6) is 0.581. The predicted molar refractivity (Wildman–Crippen MR) is 93.5 cm³/mol. The molecule has 1 N–H and O–H groups in total. The van der Waals surface area contributed by atoms with E-state index in [4.69, 9.17) is 4.74 Å². The van der Waals surface area contributed by atoms with Gasteiger partial charge in [0.1, 0.15) is 5.75 Å². The SMILES string of the molecule is Cc1cc(NC(=O)C(C)Oc2cccc(C)c2C)ccc1Br. The van der Waals surface area contributed by atoms with Crippen LogP contribution in [0.25, 0.3) is 0 Å². The van der Waals surface area contributed by atoms with Crippen LogP contribution in [0, 0.1) is 20.8 Å². The third-order valence-electron chi connectivity index (χ3n) is 3.65. The first-order chi connectivity index (χ1) is 10.4. The van der Waals surface area contributed by atoms with E-state index in [2.05, 4.69) is 21.2 Å². The Balaban J connectivity index is 2.06. The van der Waals surface area contributed by atoms with Crippen LogP contribution in [0.3, 0.4) is 0 Å². The second-order valence-electron chi connectivity index (χ2n) is 5.41. The summed E-state index contributed by atoms with van der Waals surface area (Å²) in [6.07, 6.45) is -0.565. The van der Waals surface area contributed by atoms with Crippen molar-refractivity contribution in [3.8, 4) is 5.75 Å².